The first-order valence-electron chi connectivity index (χ1n) is 6.44. The Morgan fingerprint density at radius 3 is 1.80 bits per heavy atom. The second-order valence-electron chi connectivity index (χ2n) is 6.82. The maximum Gasteiger partial charge on any atom is 0.389 e. The number of amides is 1. The van der Waals surface area contributed by atoms with Gasteiger partial charge in [0.2, 0.25) is 0 Å². The van der Waals surface area contributed by atoms with Gasteiger partial charge in [0.05, 0.1) is 9.73 Å². The van der Waals surface area contributed by atoms with Gasteiger partial charge in [0.25, 0.3) is 5.91 Å². The third-order valence-corrected chi connectivity index (χ3v) is 5.93. The minimum absolute atomic E-state index is 0.224. The van der Waals surface area contributed by atoms with Crippen molar-refractivity contribution >= 4 is 15.6 Å². The summed E-state index contributed by atoms with van der Waals surface area (Å²) in [5.41, 5.74) is -0.794. The van der Waals surface area contributed by atoms with E-state index in [4.69, 9.17) is 0 Å². The minimum atomic E-state index is -4.29. The van der Waals surface area contributed by atoms with Crippen LogP contribution < -0.4 is 0 Å². The highest BCUT2D eigenvalue weighted by atomic mass is 32.2. The van der Waals surface area contributed by atoms with Gasteiger partial charge in [-0.05, 0) is 27.2 Å². The summed E-state index contributed by atoms with van der Waals surface area (Å²) in [4.78, 5) is 11.9. The van der Waals surface area contributed by atoms with Crippen LogP contribution in [0.2, 0.25) is 0 Å². The number of carbonyl (C=O) groups excluding carboxylic acids is 1. The molecule has 0 aliphatic carbocycles. The Bertz CT molecular complexity index is 461. The van der Waals surface area contributed by atoms with Gasteiger partial charge in [0.1, 0.15) is 0 Å². The Labute approximate surface area is 119 Å². The minimum Gasteiger partial charge on any atom is -0.271 e. The van der Waals surface area contributed by atoms with E-state index < -0.39 is 38.4 Å². The van der Waals surface area contributed by atoms with E-state index in [-0.39, 0.29) is 12.2 Å². The van der Waals surface area contributed by atoms with Crippen molar-refractivity contribution in [3.05, 3.63) is 0 Å². The maximum absolute atomic E-state index is 12.8. The van der Waals surface area contributed by atoms with Crippen LogP contribution in [0, 0.1) is 5.41 Å². The van der Waals surface area contributed by atoms with Crippen LogP contribution >= 0.6 is 0 Å². The number of hydrogen-bond acceptors (Lipinski definition) is 2. The molecule has 1 amide bonds. The number of alkyl halides is 3. The molecule has 7 heteroatoms. The topological polar surface area (TPSA) is 46.5 Å². The van der Waals surface area contributed by atoms with E-state index in [9.17, 15) is 22.2 Å². The molecular weight excluding hydrogens is 291 g/mol. The predicted octanol–water partition coefficient (Wildman–Crippen LogP) is 4.17. The number of carbonyl (C=O) groups is 1. The van der Waals surface area contributed by atoms with Gasteiger partial charge in [-0.15, -0.1) is 0 Å². The van der Waals surface area contributed by atoms with E-state index in [0.717, 1.165) is 0 Å². The molecule has 0 rings (SSSR count). The molecule has 20 heavy (non-hydrogen) atoms. The van der Waals surface area contributed by atoms with Gasteiger partial charge in [-0.1, -0.05) is 20.8 Å². The molecule has 0 bridgehead atoms. The molecule has 0 saturated carbocycles. The van der Waals surface area contributed by atoms with Gasteiger partial charge in [-0.3, -0.25) is 4.79 Å². The number of rotatable bonds is 3. The molecular formula is C13H24F3NO2S. The van der Waals surface area contributed by atoms with Crippen molar-refractivity contribution in [2.75, 3.05) is 5.75 Å². The molecule has 0 aliphatic heterocycles. The van der Waals surface area contributed by atoms with Gasteiger partial charge in [-0.25, -0.2) is 4.21 Å². The van der Waals surface area contributed by atoms with Crippen molar-refractivity contribution in [1.29, 1.82) is 0 Å². The molecule has 0 aromatic carbocycles. The monoisotopic (exact) mass is 315 g/mol. The molecule has 0 spiro atoms. The fraction of sp³-hybridized carbons (Fsp3) is 0.923. The van der Waals surface area contributed by atoms with Crippen LogP contribution in [0.3, 0.4) is 0 Å². The zero-order valence-corrected chi connectivity index (χ0v) is 13.7. The van der Waals surface area contributed by atoms with Crippen molar-refractivity contribution in [3.63, 3.8) is 0 Å². The van der Waals surface area contributed by atoms with E-state index in [1.807, 2.05) is 0 Å². The lowest BCUT2D eigenvalue weighted by molar-refractivity contribution is -0.134. The van der Waals surface area contributed by atoms with Crippen LogP contribution in [0.4, 0.5) is 13.2 Å². The second-order valence-corrected chi connectivity index (χ2v) is 9.92. The predicted molar refractivity (Wildman–Crippen MR) is 74.9 cm³/mol. The average Bonchev–Trinajstić information content (AvgIpc) is 2.11. The first kappa shape index (κ1) is 19.4. The Hall–Kier alpha value is -0.590. The first-order chi connectivity index (χ1) is 8.58. The highest BCUT2D eigenvalue weighted by Crippen LogP contribution is 2.27. The van der Waals surface area contributed by atoms with Gasteiger partial charge < -0.3 is 0 Å². The molecule has 120 valence electrons. The van der Waals surface area contributed by atoms with Gasteiger partial charge >= 0.3 is 6.18 Å². The smallest absolute Gasteiger partial charge is 0.271 e. The third-order valence-electron chi connectivity index (χ3n) is 2.71. The molecule has 0 aromatic heterocycles. The SMILES string of the molecule is CC(C)(C)C(=O)N=S(=O)(CCCC(F)(F)F)C(C)(C)C. The molecule has 0 radical (unpaired) electrons. The van der Waals surface area contributed by atoms with E-state index >= 15 is 0 Å². The Morgan fingerprint density at radius 1 is 1.05 bits per heavy atom. The fourth-order valence-corrected chi connectivity index (χ4v) is 3.28. The molecule has 1 unspecified atom stereocenters. The van der Waals surface area contributed by atoms with Crippen LogP contribution in [0.25, 0.3) is 0 Å². The summed E-state index contributed by atoms with van der Waals surface area (Å²) in [5, 5.41) is 0. The summed E-state index contributed by atoms with van der Waals surface area (Å²) < 4.78 is 52.3. The second kappa shape index (κ2) is 6.03. The average molecular weight is 315 g/mol. The highest BCUT2D eigenvalue weighted by Gasteiger charge is 2.33. The van der Waals surface area contributed by atoms with Crippen LogP contribution in [0.5, 0.6) is 0 Å². The van der Waals surface area contributed by atoms with Crippen molar-refractivity contribution in [2.24, 2.45) is 9.78 Å². The van der Waals surface area contributed by atoms with Crippen LogP contribution in [-0.2, 0) is 14.5 Å². The standard InChI is InChI=1S/C13H24F3NO2S/c1-11(2,3)10(18)17-20(19,12(4,5)6)9-7-8-13(14,15)16/h7-9H2,1-6H3. The van der Waals surface area contributed by atoms with E-state index in [0.29, 0.717) is 0 Å². The molecule has 0 saturated heterocycles. The van der Waals surface area contributed by atoms with Crippen molar-refractivity contribution < 1.29 is 22.2 Å². The molecule has 1 atom stereocenters. The summed E-state index contributed by atoms with van der Waals surface area (Å²) in [6.07, 6.45) is -5.59. The molecule has 0 aliphatic rings. The summed E-state index contributed by atoms with van der Waals surface area (Å²) in [6.45, 7) is 9.79. The van der Waals surface area contributed by atoms with Crippen molar-refractivity contribution in [2.45, 2.75) is 65.3 Å². The van der Waals surface area contributed by atoms with Crippen molar-refractivity contribution in [3.8, 4) is 0 Å². The van der Waals surface area contributed by atoms with Gasteiger partial charge in [-0.2, -0.15) is 17.5 Å². The van der Waals surface area contributed by atoms with Crippen LogP contribution in [0.15, 0.2) is 4.36 Å². The van der Waals surface area contributed by atoms with Crippen molar-refractivity contribution in [1.82, 2.24) is 0 Å². The lowest BCUT2D eigenvalue weighted by Crippen LogP contribution is -2.33. The Kier molecular flexibility index (Phi) is 5.86. The summed E-state index contributed by atoms with van der Waals surface area (Å²) in [6, 6.07) is 0. The third kappa shape index (κ3) is 6.24. The highest BCUT2D eigenvalue weighted by molar-refractivity contribution is 7.95. The maximum atomic E-state index is 12.8. The van der Waals surface area contributed by atoms with Gasteiger partial charge in [0, 0.05) is 22.3 Å². The summed E-state index contributed by atoms with van der Waals surface area (Å²) in [5.74, 6) is -0.762. The van der Waals surface area contributed by atoms with E-state index in [1.165, 1.54) is 0 Å². The molecule has 0 N–H and O–H groups in total. The number of nitrogens with zero attached hydrogens (tertiary/aromatic N) is 1. The fourth-order valence-electron chi connectivity index (χ4n) is 1.23. The molecule has 3 nitrogen and oxygen atoms in total. The first-order valence-corrected chi connectivity index (χ1v) is 8.12. The van der Waals surface area contributed by atoms with Crippen LogP contribution in [-0.4, -0.2) is 26.8 Å². The normalized spacial score (nSPS) is 16.6. The van der Waals surface area contributed by atoms with Crippen LogP contribution in [0.1, 0.15) is 54.4 Å². The summed E-state index contributed by atoms with van der Waals surface area (Å²) >= 11 is 0. The Morgan fingerprint density at radius 2 is 1.50 bits per heavy atom. The zero-order chi connectivity index (χ0) is 16.4. The van der Waals surface area contributed by atoms with Gasteiger partial charge in [0.15, 0.2) is 0 Å². The van der Waals surface area contributed by atoms with E-state index in [1.54, 1.807) is 41.5 Å². The number of halogens is 3. The zero-order valence-electron chi connectivity index (χ0n) is 12.9. The Balaban J connectivity index is 5.31. The molecule has 0 aromatic rings. The molecule has 0 heterocycles. The lowest BCUT2D eigenvalue weighted by atomic mass is 9.96. The lowest BCUT2D eigenvalue weighted by Gasteiger charge is -2.25. The molecule has 0 fully saturated rings. The van der Waals surface area contributed by atoms with E-state index in [2.05, 4.69) is 4.36 Å². The summed E-state index contributed by atoms with van der Waals surface area (Å²) in [7, 11) is -3.03. The quantitative estimate of drug-likeness (QED) is 0.784. The largest absolute Gasteiger partial charge is 0.389 e. The number of hydrogen-bond donors (Lipinski definition) is 0.